The van der Waals surface area contributed by atoms with Crippen LogP contribution in [0.25, 0.3) is 11.0 Å². The molecule has 0 spiro atoms. The van der Waals surface area contributed by atoms with Crippen LogP contribution < -0.4 is 5.32 Å². The van der Waals surface area contributed by atoms with E-state index in [2.05, 4.69) is 24.4 Å². The number of para-hydroxylation sites is 1. The Morgan fingerprint density at radius 2 is 2.05 bits per heavy atom. The molecule has 1 saturated carbocycles. The summed E-state index contributed by atoms with van der Waals surface area (Å²) in [6.45, 7) is 5.38. The fourth-order valence-electron chi connectivity index (χ4n) is 3.19. The van der Waals surface area contributed by atoms with E-state index in [0.717, 1.165) is 37.0 Å². The monoisotopic (exact) mass is 287 g/mol. The number of ether oxygens (including phenoxy) is 1. The van der Waals surface area contributed by atoms with E-state index in [1.807, 2.05) is 12.1 Å². The van der Waals surface area contributed by atoms with Gasteiger partial charge in [-0.2, -0.15) is 0 Å². The molecule has 114 valence electrons. The number of nitrogens with one attached hydrogen (secondary N) is 1. The lowest BCUT2D eigenvalue weighted by atomic mass is 10.1. The highest BCUT2D eigenvalue weighted by Crippen LogP contribution is 2.28. The molecular weight excluding hydrogens is 262 g/mol. The Hall–Kier alpha value is -1.32. The van der Waals surface area contributed by atoms with Crippen LogP contribution in [0.3, 0.4) is 0 Å². The van der Waals surface area contributed by atoms with Crippen molar-refractivity contribution in [2.75, 3.05) is 13.2 Å². The van der Waals surface area contributed by atoms with Gasteiger partial charge >= 0.3 is 0 Å². The third kappa shape index (κ3) is 3.47. The number of furan rings is 1. The van der Waals surface area contributed by atoms with Crippen molar-refractivity contribution in [2.45, 2.75) is 45.8 Å². The molecule has 0 atom stereocenters. The van der Waals surface area contributed by atoms with Crippen molar-refractivity contribution in [1.29, 1.82) is 0 Å². The third-order valence-electron chi connectivity index (χ3n) is 4.39. The Balaban J connectivity index is 1.71. The Kier molecular flexibility index (Phi) is 4.94. The number of benzene rings is 1. The van der Waals surface area contributed by atoms with Gasteiger partial charge in [-0.25, -0.2) is 0 Å². The van der Waals surface area contributed by atoms with Crippen molar-refractivity contribution >= 4 is 11.0 Å². The molecule has 3 heteroatoms. The molecule has 3 rings (SSSR count). The maximum Gasteiger partial charge on any atom is 0.134 e. The molecule has 1 aromatic heterocycles. The van der Waals surface area contributed by atoms with Gasteiger partial charge in [0.15, 0.2) is 0 Å². The first-order chi connectivity index (χ1) is 10.4. The summed E-state index contributed by atoms with van der Waals surface area (Å²) in [5, 5.41) is 4.54. The van der Waals surface area contributed by atoms with E-state index in [4.69, 9.17) is 9.15 Å². The van der Waals surface area contributed by atoms with E-state index in [0.29, 0.717) is 6.61 Å². The SMILES string of the molecule is CCNCc1oc2ccccc2c1COCC1CCCC1. The minimum atomic E-state index is 0.661. The van der Waals surface area contributed by atoms with E-state index in [-0.39, 0.29) is 0 Å². The van der Waals surface area contributed by atoms with Gasteiger partial charge in [-0.05, 0) is 31.4 Å². The van der Waals surface area contributed by atoms with Crippen LogP contribution >= 0.6 is 0 Å². The highest BCUT2D eigenvalue weighted by Gasteiger charge is 2.17. The summed E-state index contributed by atoms with van der Waals surface area (Å²) in [6, 6.07) is 8.25. The van der Waals surface area contributed by atoms with Gasteiger partial charge in [-0.15, -0.1) is 0 Å². The molecule has 1 N–H and O–H groups in total. The number of hydrogen-bond acceptors (Lipinski definition) is 3. The zero-order chi connectivity index (χ0) is 14.5. The van der Waals surface area contributed by atoms with Gasteiger partial charge < -0.3 is 14.5 Å². The van der Waals surface area contributed by atoms with Gasteiger partial charge in [0.1, 0.15) is 11.3 Å². The van der Waals surface area contributed by atoms with Crippen LogP contribution in [-0.2, 0) is 17.9 Å². The van der Waals surface area contributed by atoms with Gasteiger partial charge in [-0.3, -0.25) is 0 Å². The first-order valence-electron chi connectivity index (χ1n) is 8.16. The Labute approximate surface area is 126 Å². The summed E-state index contributed by atoms with van der Waals surface area (Å²) in [5.74, 6) is 1.78. The van der Waals surface area contributed by atoms with E-state index < -0.39 is 0 Å². The van der Waals surface area contributed by atoms with Crippen LogP contribution in [0.4, 0.5) is 0 Å². The topological polar surface area (TPSA) is 34.4 Å². The Morgan fingerprint density at radius 3 is 2.86 bits per heavy atom. The second kappa shape index (κ2) is 7.10. The van der Waals surface area contributed by atoms with Crippen LogP contribution in [0.2, 0.25) is 0 Å². The average Bonchev–Trinajstić information content (AvgIpc) is 3.13. The van der Waals surface area contributed by atoms with Crippen LogP contribution in [0, 0.1) is 5.92 Å². The van der Waals surface area contributed by atoms with Crippen LogP contribution in [0.1, 0.15) is 43.9 Å². The number of fused-ring (bicyclic) bond motifs is 1. The van der Waals surface area contributed by atoms with Crippen LogP contribution in [0.15, 0.2) is 28.7 Å². The minimum Gasteiger partial charge on any atom is -0.459 e. The Bertz CT molecular complexity index is 570. The molecule has 1 aromatic carbocycles. The average molecular weight is 287 g/mol. The molecule has 0 saturated heterocycles. The van der Waals surface area contributed by atoms with Gasteiger partial charge in [0.05, 0.1) is 13.2 Å². The summed E-state index contributed by atoms with van der Waals surface area (Å²) in [6.07, 6.45) is 5.40. The molecule has 1 aliphatic rings. The molecule has 3 nitrogen and oxygen atoms in total. The summed E-state index contributed by atoms with van der Waals surface area (Å²) in [5.41, 5.74) is 2.18. The minimum absolute atomic E-state index is 0.661. The van der Waals surface area contributed by atoms with Gasteiger partial charge in [0.25, 0.3) is 0 Å². The standard InChI is InChI=1S/C18H25NO2/c1-2-19-11-18-16(13-20-12-14-7-3-4-8-14)15-9-5-6-10-17(15)21-18/h5-6,9-10,14,19H,2-4,7-8,11-13H2,1H3. The van der Waals surface area contributed by atoms with Gasteiger partial charge in [0, 0.05) is 17.6 Å². The fraction of sp³-hybridized carbons (Fsp3) is 0.556. The Morgan fingerprint density at radius 1 is 1.24 bits per heavy atom. The quantitative estimate of drug-likeness (QED) is 0.826. The van der Waals surface area contributed by atoms with E-state index in [9.17, 15) is 0 Å². The van der Waals surface area contributed by atoms with E-state index >= 15 is 0 Å². The van der Waals surface area contributed by atoms with E-state index in [1.165, 1.54) is 36.6 Å². The zero-order valence-corrected chi connectivity index (χ0v) is 12.9. The van der Waals surface area contributed by atoms with Crippen molar-refractivity contribution in [3.63, 3.8) is 0 Å². The highest BCUT2D eigenvalue weighted by atomic mass is 16.5. The van der Waals surface area contributed by atoms with Crippen molar-refractivity contribution in [3.8, 4) is 0 Å². The number of hydrogen-bond donors (Lipinski definition) is 1. The van der Waals surface area contributed by atoms with Gasteiger partial charge in [0.2, 0.25) is 0 Å². The molecule has 1 fully saturated rings. The highest BCUT2D eigenvalue weighted by molar-refractivity contribution is 5.82. The summed E-state index contributed by atoms with van der Waals surface area (Å²) < 4.78 is 12.0. The first kappa shape index (κ1) is 14.6. The third-order valence-corrected chi connectivity index (χ3v) is 4.39. The molecule has 0 aliphatic heterocycles. The maximum atomic E-state index is 6.00. The van der Waals surface area contributed by atoms with Crippen molar-refractivity contribution in [2.24, 2.45) is 5.92 Å². The molecule has 0 amide bonds. The largest absolute Gasteiger partial charge is 0.459 e. The first-order valence-corrected chi connectivity index (χ1v) is 8.16. The molecule has 0 unspecified atom stereocenters. The molecule has 0 radical (unpaired) electrons. The molecule has 2 aromatic rings. The molecule has 21 heavy (non-hydrogen) atoms. The molecular formula is C18H25NO2. The smallest absolute Gasteiger partial charge is 0.134 e. The van der Waals surface area contributed by atoms with Crippen molar-refractivity contribution in [3.05, 3.63) is 35.6 Å². The second-order valence-electron chi connectivity index (χ2n) is 5.95. The predicted molar refractivity (Wildman–Crippen MR) is 85.2 cm³/mol. The van der Waals surface area contributed by atoms with Gasteiger partial charge in [-0.1, -0.05) is 38.0 Å². The molecule has 1 aliphatic carbocycles. The van der Waals surface area contributed by atoms with Crippen LogP contribution in [-0.4, -0.2) is 13.2 Å². The zero-order valence-electron chi connectivity index (χ0n) is 12.9. The molecule has 0 bridgehead atoms. The maximum absolute atomic E-state index is 6.00. The fourth-order valence-corrected chi connectivity index (χ4v) is 3.19. The predicted octanol–water partition coefficient (Wildman–Crippen LogP) is 4.25. The van der Waals surface area contributed by atoms with Crippen molar-refractivity contribution < 1.29 is 9.15 Å². The van der Waals surface area contributed by atoms with E-state index in [1.54, 1.807) is 0 Å². The van der Waals surface area contributed by atoms with Crippen LogP contribution in [0.5, 0.6) is 0 Å². The number of rotatable bonds is 7. The molecule has 1 heterocycles. The summed E-state index contributed by atoms with van der Waals surface area (Å²) in [4.78, 5) is 0. The second-order valence-corrected chi connectivity index (χ2v) is 5.95. The van der Waals surface area contributed by atoms with Crippen molar-refractivity contribution in [1.82, 2.24) is 5.32 Å². The lowest BCUT2D eigenvalue weighted by Crippen LogP contribution is -2.13. The summed E-state index contributed by atoms with van der Waals surface area (Å²) in [7, 11) is 0. The summed E-state index contributed by atoms with van der Waals surface area (Å²) >= 11 is 0. The normalized spacial score (nSPS) is 16.0. The lowest BCUT2D eigenvalue weighted by Gasteiger charge is -2.10. The lowest BCUT2D eigenvalue weighted by molar-refractivity contribution is 0.0884.